The Labute approximate surface area is 184 Å². The summed E-state index contributed by atoms with van der Waals surface area (Å²) in [5, 5.41) is 11.1. The third-order valence-electron chi connectivity index (χ3n) is 4.57. The highest BCUT2D eigenvalue weighted by atomic mass is 35.5. The van der Waals surface area contributed by atoms with Crippen LogP contribution in [0.2, 0.25) is 5.02 Å². The first-order valence-electron chi connectivity index (χ1n) is 9.04. The number of benzene rings is 2. The second-order valence-corrected chi connectivity index (χ2v) is 7.05. The molecule has 1 aromatic heterocycles. The Morgan fingerprint density at radius 1 is 1.09 bits per heavy atom. The Balaban J connectivity index is 1.66. The number of aromatic carboxylic acids is 1. The monoisotopic (exact) mass is 454 g/mol. The number of halogens is 2. The molecule has 2 N–H and O–H groups in total. The Hall–Kier alpha value is -4.24. The predicted molar refractivity (Wildman–Crippen MR) is 112 cm³/mol. The average Bonchev–Trinajstić information content (AvgIpc) is 3.19. The van der Waals surface area contributed by atoms with Crippen molar-refractivity contribution in [1.82, 2.24) is 5.32 Å². The molecule has 1 aliphatic rings. The minimum Gasteiger partial charge on any atom is -0.478 e. The molecular weight excluding hydrogens is 443 g/mol. The molecule has 10 heteroatoms. The van der Waals surface area contributed by atoms with Crippen LogP contribution in [0.1, 0.15) is 16.1 Å². The number of imide groups is 2. The Bertz CT molecular complexity index is 1330. The number of carbonyl (C=O) groups is 4. The van der Waals surface area contributed by atoms with E-state index in [0.29, 0.717) is 16.2 Å². The van der Waals surface area contributed by atoms with Gasteiger partial charge in [0.2, 0.25) is 0 Å². The molecule has 3 aromatic rings. The number of furan rings is 1. The lowest BCUT2D eigenvalue weighted by molar-refractivity contribution is -0.122. The van der Waals surface area contributed by atoms with Crippen LogP contribution >= 0.6 is 11.6 Å². The molecule has 4 amide bonds. The van der Waals surface area contributed by atoms with Crippen molar-refractivity contribution in [3.05, 3.63) is 82.3 Å². The largest absolute Gasteiger partial charge is 0.478 e. The van der Waals surface area contributed by atoms with Crippen LogP contribution in [0.4, 0.5) is 14.9 Å². The van der Waals surface area contributed by atoms with Crippen molar-refractivity contribution in [3.63, 3.8) is 0 Å². The Morgan fingerprint density at radius 2 is 1.88 bits per heavy atom. The zero-order valence-electron chi connectivity index (χ0n) is 16.0. The fraction of sp³-hybridized carbons (Fsp3) is 0. The predicted octanol–water partition coefficient (Wildman–Crippen LogP) is 4.10. The van der Waals surface area contributed by atoms with Crippen molar-refractivity contribution in [3.8, 4) is 11.3 Å². The van der Waals surface area contributed by atoms with E-state index >= 15 is 0 Å². The van der Waals surface area contributed by atoms with Crippen molar-refractivity contribution in [2.45, 2.75) is 0 Å². The van der Waals surface area contributed by atoms with E-state index in [9.17, 15) is 23.6 Å². The maximum Gasteiger partial charge on any atom is 0.337 e. The molecule has 4 rings (SSSR count). The highest BCUT2D eigenvalue weighted by Crippen LogP contribution is 2.29. The third-order valence-corrected chi connectivity index (χ3v) is 4.88. The van der Waals surface area contributed by atoms with Gasteiger partial charge in [0.05, 0.1) is 16.3 Å². The van der Waals surface area contributed by atoms with Crippen molar-refractivity contribution in [2.75, 3.05) is 4.90 Å². The molecule has 0 unspecified atom stereocenters. The van der Waals surface area contributed by atoms with Gasteiger partial charge in [-0.3, -0.25) is 14.9 Å². The van der Waals surface area contributed by atoms with E-state index in [1.54, 1.807) is 6.07 Å². The fourth-order valence-electron chi connectivity index (χ4n) is 3.08. The van der Waals surface area contributed by atoms with Crippen molar-refractivity contribution in [2.24, 2.45) is 0 Å². The molecule has 0 radical (unpaired) electrons. The topological polar surface area (TPSA) is 117 Å². The smallest absolute Gasteiger partial charge is 0.337 e. The summed E-state index contributed by atoms with van der Waals surface area (Å²) in [5.74, 6) is -3.29. The molecule has 0 bridgehead atoms. The SMILES string of the molecule is O=C1NC(=O)N(c2cccc(F)c2)C(=O)/C1=C/c1ccc(-c2ccc(C(=O)O)c(Cl)c2)o1. The van der Waals surface area contributed by atoms with Crippen LogP contribution in [0.3, 0.4) is 0 Å². The molecule has 1 saturated heterocycles. The maximum absolute atomic E-state index is 13.6. The lowest BCUT2D eigenvalue weighted by Crippen LogP contribution is -2.54. The Kier molecular flexibility index (Phi) is 5.33. The summed E-state index contributed by atoms with van der Waals surface area (Å²) in [6.45, 7) is 0. The molecule has 0 saturated carbocycles. The number of nitrogens with one attached hydrogen (secondary N) is 1. The molecule has 2 heterocycles. The molecule has 0 spiro atoms. The average molecular weight is 455 g/mol. The number of nitrogens with zero attached hydrogens (tertiary/aromatic N) is 1. The first-order valence-corrected chi connectivity index (χ1v) is 9.42. The van der Waals surface area contributed by atoms with Crippen LogP contribution in [0.15, 0.2) is 64.6 Å². The number of rotatable bonds is 4. The normalized spacial score (nSPS) is 15.2. The van der Waals surface area contributed by atoms with Crippen LogP contribution in [-0.4, -0.2) is 28.9 Å². The Morgan fingerprint density at radius 3 is 2.56 bits per heavy atom. The van der Waals surface area contributed by atoms with Crippen molar-refractivity contribution < 1.29 is 33.1 Å². The van der Waals surface area contributed by atoms with E-state index in [-0.39, 0.29) is 22.0 Å². The van der Waals surface area contributed by atoms with Gasteiger partial charge in [-0.05, 0) is 48.5 Å². The second kappa shape index (κ2) is 8.12. The molecule has 8 nitrogen and oxygen atoms in total. The zero-order valence-corrected chi connectivity index (χ0v) is 16.7. The van der Waals surface area contributed by atoms with Crippen LogP contribution in [0.5, 0.6) is 0 Å². The third kappa shape index (κ3) is 3.88. The maximum atomic E-state index is 13.6. The molecular formula is C22H12ClFN2O6. The van der Waals surface area contributed by atoms with Gasteiger partial charge in [-0.1, -0.05) is 23.7 Å². The van der Waals surface area contributed by atoms with E-state index in [0.717, 1.165) is 18.2 Å². The highest BCUT2D eigenvalue weighted by molar-refractivity contribution is 6.39. The number of hydrogen-bond acceptors (Lipinski definition) is 5. The highest BCUT2D eigenvalue weighted by Gasteiger charge is 2.37. The molecule has 160 valence electrons. The molecule has 1 aliphatic heterocycles. The molecule has 32 heavy (non-hydrogen) atoms. The lowest BCUT2D eigenvalue weighted by Gasteiger charge is -2.26. The van der Waals surface area contributed by atoms with E-state index in [4.69, 9.17) is 21.1 Å². The summed E-state index contributed by atoms with van der Waals surface area (Å²) in [5.41, 5.74) is -0.0373. The number of carbonyl (C=O) groups excluding carboxylic acids is 3. The number of urea groups is 1. The number of carboxylic acid groups (broad SMARTS) is 1. The van der Waals surface area contributed by atoms with Crippen LogP contribution in [0, 0.1) is 5.82 Å². The minimum absolute atomic E-state index is 0.0115. The zero-order chi connectivity index (χ0) is 23.0. The summed E-state index contributed by atoms with van der Waals surface area (Å²) in [6.07, 6.45) is 1.15. The number of hydrogen-bond donors (Lipinski definition) is 2. The number of anilines is 1. The quantitative estimate of drug-likeness (QED) is 0.452. The van der Waals surface area contributed by atoms with Crippen LogP contribution in [-0.2, 0) is 9.59 Å². The summed E-state index contributed by atoms with van der Waals surface area (Å²) in [4.78, 5) is 49.0. The van der Waals surface area contributed by atoms with Gasteiger partial charge < -0.3 is 9.52 Å². The van der Waals surface area contributed by atoms with E-state index < -0.39 is 35.2 Å². The molecule has 0 aliphatic carbocycles. The molecule has 1 fully saturated rings. The first-order chi connectivity index (χ1) is 15.2. The fourth-order valence-corrected chi connectivity index (χ4v) is 3.34. The van der Waals surface area contributed by atoms with Gasteiger partial charge >= 0.3 is 12.0 Å². The summed E-state index contributed by atoms with van der Waals surface area (Å²) < 4.78 is 19.2. The summed E-state index contributed by atoms with van der Waals surface area (Å²) in [6, 6.07) is 11.0. The van der Waals surface area contributed by atoms with Gasteiger partial charge in [0.25, 0.3) is 11.8 Å². The van der Waals surface area contributed by atoms with Gasteiger partial charge in [-0.25, -0.2) is 18.9 Å². The van der Waals surface area contributed by atoms with Crippen LogP contribution in [0.25, 0.3) is 17.4 Å². The summed E-state index contributed by atoms with van der Waals surface area (Å²) in [7, 11) is 0. The second-order valence-electron chi connectivity index (χ2n) is 6.64. The van der Waals surface area contributed by atoms with E-state index in [1.807, 2.05) is 5.32 Å². The van der Waals surface area contributed by atoms with E-state index in [1.165, 1.54) is 36.4 Å². The van der Waals surface area contributed by atoms with Crippen molar-refractivity contribution in [1.29, 1.82) is 0 Å². The minimum atomic E-state index is -1.18. The molecule has 0 atom stereocenters. The number of amides is 4. The van der Waals surface area contributed by atoms with E-state index in [2.05, 4.69) is 0 Å². The van der Waals surface area contributed by atoms with Crippen LogP contribution < -0.4 is 10.2 Å². The van der Waals surface area contributed by atoms with Gasteiger partial charge in [-0.2, -0.15) is 0 Å². The number of carboxylic acids is 1. The van der Waals surface area contributed by atoms with Gasteiger partial charge in [0.15, 0.2) is 0 Å². The lowest BCUT2D eigenvalue weighted by atomic mass is 10.1. The first kappa shape index (κ1) is 21.0. The number of barbiturate groups is 1. The molecule has 2 aromatic carbocycles. The van der Waals surface area contributed by atoms with Gasteiger partial charge in [0, 0.05) is 5.56 Å². The van der Waals surface area contributed by atoms with Gasteiger partial charge in [-0.15, -0.1) is 0 Å². The van der Waals surface area contributed by atoms with Crippen molar-refractivity contribution >= 4 is 47.2 Å². The van der Waals surface area contributed by atoms with Gasteiger partial charge in [0.1, 0.15) is 22.9 Å². The standard InChI is InChI=1S/C22H12ClFN2O6/c23-17-8-11(4-6-15(17)21(29)30)18-7-5-14(32-18)10-16-19(27)25-22(31)26(20(16)28)13-3-1-2-12(24)9-13/h1-10H,(H,29,30)(H,25,27,31)/b16-10+. The summed E-state index contributed by atoms with van der Waals surface area (Å²) >= 11 is 5.98.